The Bertz CT molecular complexity index is 790. The van der Waals surface area contributed by atoms with Crippen LogP contribution in [-0.4, -0.2) is 79.4 Å². The van der Waals surface area contributed by atoms with Gasteiger partial charge in [-0.3, -0.25) is 14.5 Å². The molecule has 2 aliphatic heterocycles. The van der Waals surface area contributed by atoms with Gasteiger partial charge in [0.1, 0.15) is 6.54 Å². The van der Waals surface area contributed by atoms with Crippen molar-refractivity contribution in [1.82, 2.24) is 25.3 Å². The number of likely N-dealkylation sites (N-methyl/N-ethyl adjacent to an activating group) is 2. The first kappa shape index (κ1) is 19.9. The molecule has 4 amide bonds. The fourth-order valence-corrected chi connectivity index (χ4v) is 3.55. The van der Waals surface area contributed by atoms with Gasteiger partial charge in [0.05, 0.1) is 23.9 Å². The summed E-state index contributed by atoms with van der Waals surface area (Å²) in [5.41, 5.74) is 2.09. The van der Waals surface area contributed by atoms with Crippen molar-refractivity contribution in [3.8, 4) is 0 Å². The maximum atomic E-state index is 13.1. The van der Waals surface area contributed by atoms with Crippen molar-refractivity contribution in [2.24, 2.45) is 0 Å². The van der Waals surface area contributed by atoms with Crippen molar-refractivity contribution in [1.29, 1.82) is 0 Å². The highest BCUT2D eigenvalue weighted by Gasteiger charge is 2.43. The Hall–Kier alpha value is -2.87. The number of hydrogen-bond acceptors (Lipinski definition) is 4. The van der Waals surface area contributed by atoms with E-state index in [2.05, 4.69) is 10.6 Å². The molecule has 8 nitrogen and oxygen atoms in total. The fraction of sp³-hybridized carbons (Fsp3) is 0.450. The molecule has 2 N–H and O–H groups in total. The SMILES string of the molecule is CCN1C(=O)N[C@H](c2ccccc2)C2=C1CN(CC(=O)NCCN(C)C)C2=O. The Morgan fingerprint density at radius 3 is 2.61 bits per heavy atom. The summed E-state index contributed by atoms with van der Waals surface area (Å²) in [5, 5.41) is 5.76. The molecule has 0 aliphatic carbocycles. The van der Waals surface area contributed by atoms with E-state index in [-0.39, 0.29) is 30.9 Å². The Morgan fingerprint density at radius 1 is 1.25 bits per heavy atom. The van der Waals surface area contributed by atoms with Crippen molar-refractivity contribution in [3.63, 3.8) is 0 Å². The lowest BCUT2D eigenvalue weighted by molar-refractivity contribution is -0.131. The maximum Gasteiger partial charge on any atom is 0.322 e. The Kier molecular flexibility index (Phi) is 5.99. The number of carbonyl (C=O) groups excluding carboxylic acids is 3. The summed E-state index contributed by atoms with van der Waals surface area (Å²) in [6.07, 6.45) is 0. The van der Waals surface area contributed by atoms with Gasteiger partial charge in [0.15, 0.2) is 0 Å². The molecular weight excluding hydrogens is 358 g/mol. The summed E-state index contributed by atoms with van der Waals surface area (Å²) in [6, 6.07) is 8.71. The highest BCUT2D eigenvalue weighted by atomic mass is 16.2. The van der Waals surface area contributed by atoms with Crippen LogP contribution in [0.5, 0.6) is 0 Å². The zero-order chi connectivity index (χ0) is 20.3. The zero-order valence-electron chi connectivity index (χ0n) is 16.6. The summed E-state index contributed by atoms with van der Waals surface area (Å²) in [6.45, 7) is 3.82. The van der Waals surface area contributed by atoms with Crippen LogP contribution in [-0.2, 0) is 9.59 Å². The molecule has 0 spiro atoms. The van der Waals surface area contributed by atoms with E-state index in [9.17, 15) is 14.4 Å². The van der Waals surface area contributed by atoms with Gasteiger partial charge in [-0.05, 0) is 26.6 Å². The van der Waals surface area contributed by atoms with Gasteiger partial charge in [0.25, 0.3) is 5.91 Å². The summed E-state index contributed by atoms with van der Waals surface area (Å²) < 4.78 is 0. The molecule has 28 heavy (non-hydrogen) atoms. The van der Waals surface area contributed by atoms with E-state index < -0.39 is 6.04 Å². The molecule has 1 aromatic rings. The second-order valence-electron chi connectivity index (χ2n) is 7.21. The molecule has 3 rings (SSSR count). The second-order valence-corrected chi connectivity index (χ2v) is 7.21. The maximum absolute atomic E-state index is 13.1. The largest absolute Gasteiger partial charge is 0.353 e. The van der Waals surface area contributed by atoms with Gasteiger partial charge in [0, 0.05) is 19.6 Å². The van der Waals surface area contributed by atoms with Crippen molar-refractivity contribution < 1.29 is 14.4 Å². The average molecular weight is 385 g/mol. The van der Waals surface area contributed by atoms with Gasteiger partial charge >= 0.3 is 6.03 Å². The average Bonchev–Trinajstić information content (AvgIpc) is 2.97. The first-order valence-electron chi connectivity index (χ1n) is 9.49. The first-order chi connectivity index (χ1) is 13.4. The van der Waals surface area contributed by atoms with Crippen LogP contribution >= 0.6 is 0 Å². The summed E-state index contributed by atoms with van der Waals surface area (Å²) >= 11 is 0. The topological polar surface area (TPSA) is 85.0 Å². The van der Waals surface area contributed by atoms with E-state index in [1.165, 1.54) is 4.90 Å². The highest BCUT2D eigenvalue weighted by molar-refractivity contribution is 6.03. The van der Waals surface area contributed by atoms with Gasteiger partial charge in [-0.15, -0.1) is 0 Å². The highest BCUT2D eigenvalue weighted by Crippen LogP contribution is 2.35. The third-order valence-corrected chi connectivity index (χ3v) is 4.96. The standard InChI is InChI=1S/C20H27N5O3/c1-4-25-15-12-24(13-16(26)21-10-11-23(2)3)19(27)17(15)18(22-20(25)28)14-8-6-5-7-9-14/h5-9,18H,4,10-13H2,1-3H3,(H,21,26)(H,22,28)/t18-/m1/s1. The minimum atomic E-state index is -0.499. The smallest absolute Gasteiger partial charge is 0.322 e. The molecule has 0 fully saturated rings. The first-order valence-corrected chi connectivity index (χ1v) is 9.49. The van der Waals surface area contributed by atoms with E-state index in [1.807, 2.05) is 56.3 Å². The van der Waals surface area contributed by atoms with Crippen molar-refractivity contribution in [3.05, 3.63) is 47.2 Å². The lowest BCUT2D eigenvalue weighted by Gasteiger charge is -2.32. The molecule has 2 aliphatic rings. The van der Waals surface area contributed by atoms with Gasteiger partial charge in [-0.2, -0.15) is 0 Å². The van der Waals surface area contributed by atoms with Crippen LogP contribution in [0.25, 0.3) is 0 Å². The van der Waals surface area contributed by atoms with Crippen LogP contribution in [0, 0.1) is 0 Å². The normalized spacial score (nSPS) is 19.2. The van der Waals surface area contributed by atoms with Gasteiger partial charge < -0.3 is 20.4 Å². The molecule has 8 heteroatoms. The van der Waals surface area contributed by atoms with E-state index >= 15 is 0 Å². The molecule has 150 valence electrons. The zero-order valence-corrected chi connectivity index (χ0v) is 16.6. The van der Waals surface area contributed by atoms with Crippen molar-refractivity contribution in [2.45, 2.75) is 13.0 Å². The molecule has 2 heterocycles. The minimum Gasteiger partial charge on any atom is -0.353 e. The Morgan fingerprint density at radius 2 is 1.96 bits per heavy atom. The second kappa shape index (κ2) is 8.43. The predicted molar refractivity (Wildman–Crippen MR) is 105 cm³/mol. The molecule has 0 saturated carbocycles. The lowest BCUT2D eigenvalue weighted by atomic mass is 9.95. The van der Waals surface area contributed by atoms with Crippen LogP contribution in [0.15, 0.2) is 41.6 Å². The van der Waals surface area contributed by atoms with E-state index in [0.717, 1.165) is 12.1 Å². The van der Waals surface area contributed by atoms with E-state index in [4.69, 9.17) is 0 Å². The number of urea groups is 1. The van der Waals surface area contributed by atoms with Crippen molar-refractivity contribution in [2.75, 3.05) is 46.8 Å². The Labute approximate surface area is 165 Å². The number of benzene rings is 1. The van der Waals surface area contributed by atoms with E-state index in [1.54, 1.807) is 4.90 Å². The quantitative estimate of drug-likeness (QED) is 0.718. The molecule has 0 saturated heterocycles. The monoisotopic (exact) mass is 385 g/mol. The number of carbonyl (C=O) groups is 3. The molecule has 1 atom stereocenters. The Balaban J connectivity index is 1.78. The van der Waals surface area contributed by atoms with Crippen molar-refractivity contribution >= 4 is 17.8 Å². The summed E-state index contributed by atoms with van der Waals surface area (Å²) in [5.74, 6) is -0.404. The number of nitrogens with zero attached hydrogens (tertiary/aromatic N) is 3. The number of amides is 4. The fourth-order valence-electron chi connectivity index (χ4n) is 3.55. The molecule has 0 bridgehead atoms. The minimum absolute atomic E-state index is 0.0213. The number of hydrogen-bond donors (Lipinski definition) is 2. The third kappa shape index (κ3) is 4.01. The molecule has 0 unspecified atom stereocenters. The van der Waals surface area contributed by atoms with Gasteiger partial charge in [-0.25, -0.2) is 4.79 Å². The van der Waals surface area contributed by atoms with Gasteiger partial charge in [0.2, 0.25) is 5.91 Å². The van der Waals surface area contributed by atoms with Crippen LogP contribution in [0.4, 0.5) is 4.79 Å². The van der Waals surface area contributed by atoms with Crippen LogP contribution in [0.2, 0.25) is 0 Å². The number of rotatable bonds is 7. The van der Waals surface area contributed by atoms with Crippen LogP contribution in [0.3, 0.4) is 0 Å². The van der Waals surface area contributed by atoms with Gasteiger partial charge in [-0.1, -0.05) is 30.3 Å². The molecular formula is C20H27N5O3. The van der Waals surface area contributed by atoms with Crippen LogP contribution in [0.1, 0.15) is 18.5 Å². The number of nitrogens with one attached hydrogen (secondary N) is 2. The summed E-state index contributed by atoms with van der Waals surface area (Å²) in [7, 11) is 3.86. The predicted octanol–water partition coefficient (Wildman–Crippen LogP) is 0.547. The molecule has 1 aromatic carbocycles. The molecule has 0 aromatic heterocycles. The summed E-state index contributed by atoms with van der Waals surface area (Å²) in [4.78, 5) is 43.0. The molecule has 0 radical (unpaired) electrons. The lowest BCUT2D eigenvalue weighted by Crippen LogP contribution is -2.47. The van der Waals surface area contributed by atoms with E-state index in [0.29, 0.717) is 24.4 Å². The van der Waals surface area contributed by atoms with Crippen LogP contribution < -0.4 is 10.6 Å². The third-order valence-electron chi connectivity index (χ3n) is 4.96.